The molecule has 1 atom stereocenters. The Bertz CT molecular complexity index is 164. The molecular formula is C12H25NO. The van der Waals surface area contributed by atoms with Gasteiger partial charge in [-0.25, -0.2) is 0 Å². The van der Waals surface area contributed by atoms with Crippen molar-refractivity contribution in [2.75, 3.05) is 20.2 Å². The van der Waals surface area contributed by atoms with Crippen LogP contribution in [0.4, 0.5) is 0 Å². The number of methoxy groups -OCH3 is 1. The van der Waals surface area contributed by atoms with Crippen molar-refractivity contribution in [1.29, 1.82) is 0 Å². The monoisotopic (exact) mass is 199 g/mol. The third kappa shape index (κ3) is 3.97. The third-order valence-corrected chi connectivity index (χ3v) is 3.13. The summed E-state index contributed by atoms with van der Waals surface area (Å²) >= 11 is 0. The van der Waals surface area contributed by atoms with Crippen molar-refractivity contribution >= 4 is 0 Å². The highest BCUT2D eigenvalue weighted by atomic mass is 16.5. The highest BCUT2D eigenvalue weighted by Gasteiger charge is 2.42. The van der Waals surface area contributed by atoms with Gasteiger partial charge in [-0.3, -0.25) is 0 Å². The molecule has 0 spiro atoms. The quantitative estimate of drug-likeness (QED) is 0.680. The lowest BCUT2D eigenvalue weighted by Gasteiger charge is -2.20. The van der Waals surface area contributed by atoms with E-state index in [0.717, 1.165) is 12.5 Å². The summed E-state index contributed by atoms with van der Waals surface area (Å²) in [5, 5.41) is 3.56. The summed E-state index contributed by atoms with van der Waals surface area (Å²) in [6, 6.07) is 0. The second kappa shape index (κ2) is 5.13. The summed E-state index contributed by atoms with van der Waals surface area (Å²) < 4.78 is 5.33. The molecule has 1 aliphatic carbocycles. The number of nitrogens with one attached hydrogen (secondary N) is 1. The van der Waals surface area contributed by atoms with Gasteiger partial charge in [0.05, 0.1) is 6.10 Å². The van der Waals surface area contributed by atoms with Gasteiger partial charge in [0.25, 0.3) is 0 Å². The molecule has 1 N–H and O–H groups in total. The molecule has 1 rings (SSSR count). The largest absolute Gasteiger partial charge is 0.382 e. The second-order valence-electron chi connectivity index (χ2n) is 5.28. The maximum Gasteiger partial charge on any atom is 0.0549 e. The smallest absolute Gasteiger partial charge is 0.0549 e. The van der Waals surface area contributed by atoms with E-state index >= 15 is 0 Å². The average Bonchev–Trinajstić information content (AvgIpc) is 2.84. The molecule has 0 heterocycles. The first-order valence-corrected chi connectivity index (χ1v) is 5.81. The molecule has 0 aliphatic heterocycles. The van der Waals surface area contributed by atoms with Crippen LogP contribution >= 0.6 is 0 Å². The Morgan fingerprint density at radius 3 is 2.36 bits per heavy atom. The Hall–Kier alpha value is -0.0800. The van der Waals surface area contributed by atoms with Crippen LogP contribution in [-0.4, -0.2) is 26.3 Å². The zero-order valence-electron chi connectivity index (χ0n) is 10.1. The van der Waals surface area contributed by atoms with Crippen molar-refractivity contribution < 1.29 is 4.74 Å². The molecule has 1 aliphatic rings. The van der Waals surface area contributed by atoms with E-state index in [1.165, 1.54) is 25.8 Å². The number of ether oxygens (including phenoxy) is 1. The Morgan fingerprint density at radius 2 is 1.93 bits per heavy atom. The lowest BCUT2D eigenvalue weighted by Crippen LogP contribution is -2.29. The van der Waals surface area contributed by atoms with Crippen LogP contribution in [0.2, 0.25) is 0 Å². The minimum absolute atomic E-state index is 0.415. The zero-order chi connectivity index (χ0) is 10.6. The lowest BCUT2D eigenvalue weighted by molar-refractivity contribution is 0.0901. The summed E-state index contributed by atoms with van der Waals surface area (Å²) in [7, 11) is 1.81. The van der Waals surface area contributed by atoms with Gasteiger partial charge in [-0.15, -0.1) is 0 Å². The minimum atomic E-state index is 0.415. The molecule has 0 saturated heterocycles. The van der Waals surface area contributed by atoms with E-state index < -0.39 is 0 Å². The molecule has 1 unspecified atom stereocenters. The predicted molar refractivity (Wildman–Crippen MR) is 60.5 cm³/mol. The predicted octanol–water partition coefficient (Wildman–Crippen LogP) is 2.44. The van der Waals surface area contributed by atoms with Crippen LogP contribution in [0.5, 0.6) is 0 Å². The van der Waals surface area contributed by atoms with Crippen molar-refractivity contribution in [1.82, 2.24) is 5.32 Å². The number of hydrogen-bond donors (Lipinski definition) is 1. The average molecular weight is 199 g/mol. The molecule has 0 amide bonds. The van der Waals surface area contributed by atoms with Crippen molar-refractivity contribution in [3.05, 3.63) is 0 Å². The van der Waals surface area contributed by atoms with Gasteiger partial charge in [-0.2, -0.15) is 0 Å². The fourth-order valence-electron chi connectivity index (χ4n) is 1.95. The van der Waals surface area contributed by atoms with Crippen LogP contribution in [0.15, 0.2) is 0 Å². The molecule has 2 nitrogen and oxygen atoms in total. The standard InChI is InChI=1S/C12H25NO/c1-10(2)8-13-9-12(5-6-12)7-11(3)14-4/h10-11,13H,5-9H2,1-4H3. The van der Waals surface area contributed by atoms with Crippen LogP contribution in [0.25, 0.3) is 0 Å². The van der Waals surface area contributed by atoms with E-state index in [-0.39, 0.29) is 0 Å². The summed E-state index contributed by atoms with van der Waals surface area (Å²) in [5.74, 6) is 0.755. The van der Waals surface area contributed by atoms with Crippen LogP contribution in [0.3, 0.4) is 0 Å². The van der Waals surface area contributed by atoms with E-state index in [4.69, 9.17) is 4.74 Å². The van der Waals surface area contributed by atoms with Crippen LogP contribution in [-0.2, 0) is 4.74 Å². The molecule has 2 heteroatoms. The van der Waals surface area contributed by atoms with E-state index in [1.54, 1.807) is 0 Å². The Morgan fingerprint density at radius 1 is 1.29 bits per heavy atom. The fourth-order valence-corrected chi connectivity index (χ4v) is 1.95. The molecule has 0 aromatic rings. The van der Waals surface area contributed by atoms with Gasteiger partial charge in [0, 0.05) is 13.7 Å². The lowest BCUT2D eigenvalue weighted by atomic mass is 9.99. The first-order chi connectivity index (χ1) is 6.58. The van der Waals surface area contributed by atoms with Crippen molar-refractivity contribution in [2.24, 2.45) is 11.3 Å². The van der Waals surface area contributed by atoms with Crippen LogP contribution < -0.4 is 5.32 Å². The van der Waals surface area contributed by atoms with Gasteiger partial charge >= 0.3 is 0 Å². The van der Waals surface area contributed by atoms with Gasteiger partial charge in [0.15, 0.2) is 0 Å². The molecule has 1 saturated carbocycles. The first-order valence-electron chi connectivity index (χ1n) is 5.81. The second-order valence-corrected chi connectivity index (χ2v) is 5.28. The van der Waals surface area contributed by atoms with E-state index in [1.807, 2.05) is 7.11 Å². The van der Waals surface area contributed by atoms with Crippen molar-refractivity contribution in [3.63, 3.8) is 0 Å². The number of rotatable bonds is 7. The summed E-state index contributed by atoms with van der Waals surface area (Å²) in [6.07, 6.45) is 4.39. The molecule has 0 radical (unpaired) electrons. The van der Waals surface area contributed by atoms with E-state index in [0.29, 0.717) is 11.5 Å². The van der Waals surface area contributed by atoms with E-state index in [2.05, 4.69) is 26.1 Å². The van der Waals surface area contributed by atoms with Gasteiger partial charge in [-0.05, 0) is 44.1 Å². The van der Waals surface area contributed by atoms with Crippen LogP contribution in [0.1, 0.15) is 40.0 Å². The maximum atomic E-state index is 5.33. The van der Waals surface area contributed by atoms with Gasteiger partial charge < -0.3 is 10.1 Å². The number of hydrogen-bond acceptors (Lipinski definition) is 2. The Labute approximate surface area is 88.4 Å². The Balaban J connectivity index is 2.15. The fraction of sp³-hybridized carbons (Fsp3) is 1.00. The van der Waals surface area contributed by atoms with Gasteiger partial charge in [0.2, 0.25) is 0 Å². The Kier molecular flexibility index (Phi) is 4.39. The molecule has 1 fully saturated rings. The van der Waals surface area contributed by atoms with Crippen LogP contribution in [0, 0.1) is 11.3 Å². The third-order valence-electron chi connectivity index (χ3n) is 3.13. The molecule has 0 aromatic heterocycles. The van der Waals surface area contributed by atoms with Gasteiger partial charge in [0.1, 0.15) is 0 Å². The summed E-state index contributed by atoms with van der Waals surface area (Å²) in [4.78, 5) is 0. The molecular weight excluding hydrogens is 174 g/mol. The summed E-state index contributed by atoms with van der Waals surface area (Å²) in [5.41, 5.74) is 0.574. The highest BCUT2D eigenvalue weighted by Crippen LogP contribution is 2.49. The SMILES string of the molecule is COC(C)CC1(CNCC(C)C)CC1. The molecule has 14 heavy (non-hydrogen) atoms. The minimum Gasteiger partial charge on any atom is -0.382 e. The van der Waals surface area contributed by atoms with E-state index in [9.17, 15) is 0 Å². The van der Waals surface area contributed by atoms with Crippen molar-refractivity contribution in [2.45, 2.75) is 46.1 Å². The van der Waals surface area contributed by atoms with Crippen molar-refractivity contribution in [3.8, 4) is 0 Å². The molecule has 0 bridgehead atoms. The first kappa shape index (κ1) is 12.0. The maximum absolute atomic E-state index is 5.33. The summed E-state index contributed by atoms with van der Waals surface area (Å²) in [6.45, 7) is 9.00. The zero-order valence-corrected chi connectivity index (χ0v) is 10.1. The van der Waals surface area contributed by atoms with Gasteiger partial charge in [-0.1, -0.05) is 13.8 Å². The molecule has 0 aromatic carbocycles. The highest BCUT2D eigenvalue weighted by molar-refractivity contribution is 4.96. The topological polar surface area (TPSA) is 21.3 Å². The molecule has 84 valence electrons. The normalized spacial score (nSPS) is 21.2.